The molecule has 1 aromatic carbocycles. The number of rotatable bonds is 7. The molecule has 0 atom stereocenters. The molecular weight excluding hydrogens is 250 g/mol. The molecule has 0 heterocycles. The summed E-state index contributed by atoms with van der Waals surface area (Å²) in [5.74, 6) is 1.63. The van der Waals surface area contributed by atoms with Gasteiger partial charge in [-0.1, -0.05) is 39.8 Å². The maximum Gasteiger partial charge on any atom is 0.251 e. The van der Waals surface area contributed by atoms with Crippen molar-refractivity contribution < 1.29 is 9.53 Å². The first-order valence-corrected chi connectivity index (χ1v) is 7.31. The van der Waals surface area contributed by atoms with Gasteiger partial charge in [-0.3, -0.25) is 4.79 Å². The maximum atomic E-state index is 12.2. The van der Waals surface area contributed by atoms with Gasteiger partial charge in [-0.15, -0.1) is 0 Å². The van der Waals surface area contributed by atoms with Crippen molar-refractivity contribution in [2.24, 2.45) is 17.8 Å². The van der Waals surface area contributed by atoms with Gasteiger partial charge in [0.05, 0.1) is 6.61 Å². The van der Waals surface area contributed by atoms with Crippen molar-refractivity contribution in [1.82, 2.24) is 5.32 Å². The summed E-state index contributed by atoms with van der Waals surface area (Å²) in [6, 6.07) is 7.59. The molecule has 0 bridgehead atoms. The molecule has 1 rings (SSSR count). The highest BCUT2D eigenvalue weighted by Gasteiger charge is 2.18. The second-order valence-electron chi connectivity index (χ2n) is 6.00. The van der Waals surface area contributed by atoms with Crippen molar-refractivity contribution in [2.75, 3.05) is 13.7 Å². The monoisotopic (exact) mass is 277 g/mol. The second kappa shape index (κ2) is 8.05. The van der Waals surface area contributed by atoms with Crippen LogP contribution in [0, 0.1) is 17.8 Å². The summed E-state index contributed by atoms with van der Waals surface area (Å²) >= 11 is 0. The van der Waals surface area contributed by atoms with Crippen molar-refractivity contribution in [3.8, 4) is 0 Å². The molecular formula is C17H27NO2. The van der Waals surface area contributed by atoms with Gasteiger partial charge in [0.1, 0.15) is 0 Å². The van der Waals surface area contributed by atoms with Crippen LogP contribution < -0.4 is 5.32 Å². The Labute approximate surface area is 122 Å². The smallest absolute Gasteiger partial charge is 0.251 e. The number of hydrogen-bond donors (Lipinski definition) is 1. The number of methoxy groups -OCH3 is 1. The molecule has 0 radical (unpaired) electrons. The maximum absolute atomic E-state index is 12.2. The lowest BCUT2D eigenvalue weighted by Crippen LogP contribution is -2.33. The summed E-state index contributed by atoms with van der Waals surface area (Å²) in [5, 5.41) is 3.05. The first-order chi connectivity index (χ1) is 9.45. The number of ether oxygens (including phenoxy) is 1. The molecule has 0 saturated carbocycles. The van der Waals surface area contributed by atoms with E-state index in [0.717, 1.165) is 12.1 Å². The summed E-state index contributed by atoms with van der Waals surface area (Å²) in [5.41, 5.74) is 1.72. The Balaban J connectivity index is 2.64. The van der Waals surface area contributed by atoms with Crippen LogP contribution in [0.1, 0.15) is 43.6 Å². The molecule has 0 aliphatic heterocycles. The van der Waals surface area contributed by atoms with Gasteiger partial charge in [-0.2, -0.15) is 0 Å². The minimum absolute atomic E-state index is 0.00532. The minimum Gasteiger partial charge on any atom is -0.380 e. The van der Waals surface area contributed by atoms with Crippen LogP contribution in [0.15, 0.2) is 24.3 Å². The third-order valence-electron chi connectivity index (χ3n) is 3.71. The van der Waals surface area contributed by atoms with Crippen LogP contribution in [0.3, 0.4) is 0 Å². The average Bonchev–Trinajstić information content (AvgIpc) is 2.38. The Morgan fingerprint density at radius 2 is 1.85 bits per heavy atom. The summed E-state index contributed by atoms with van der Waals surface area (Å²) in [4.78, 5) is 12.2. The molecule has 3 heteroatoms. The Morgan fingerprint density at radius 1 is 1.20 bits per heavy atom. The van der Waals surface area contributed by atoms with Gasteiger partial charge in [-0.05, 0) is 35.4 Å². The first kappa shape index (κ1) is 16.7. The fourth-order valence-electron chi connectivity index (χ4n) is 2.52. The fraction of sp³-hybridized carbons (Fsp3) is 0.588. The van der Waals surface area contributed by atoms with Crippen LogP contribution in [0.25, 0.3) is 0 Å². The van der Waals surface area contributed by atoms with E-state index in [1.165, 1.54) is 0 Å². The van der Waals surface area contributed by atoms with E-state index in [1.54, 1.807) is 7.11 Å². The highest BCUT2D eigenvalue weighted by atomic mass is 16.5. The van der Waals surface area contributed by atoms with E-state index in [2.05, 4.69) is 33.0 Å². The van der Waals surface area contributed by atoms with Crippen molar-refractivity contribution in [1.29, 1.82) is 0 Å². The molecule has 0 aliphatic rings. The van der Waals surface area contributed by atoms with E-state index in [4.69, 9.17) is 4.74 Å². The molecule has 0 aliphatic carbocycles. The van der Waals surface area contributed by atoms with Crippen LogP contribution >= 0.6 is 0 Å². The van der Waals surface area contributed by atoms with Crippen LogP contribution in [0.2, 0.25) is 0 Å². The van der Waals surface area contributed by atoms with Crippen molar-refractivity contribution in [3.05, 3.63) is 35.4 Å². The number of amides is 1. The van der Waals surface area contributed by atoms with Gasteiger partial charge < -0.3 is 10.1 Å². The molecule has 1 N–H and O–H groups in total. The molecule has 20 heavy (non-hydrogen) atoms. The number of carbonyl (C=O) groups excluding carboxylic acids is 1. The summed E-state index contributed by atoms with van der Waals surface area (Å²) in [6.45, 7) is 10.1. The summed E-state index contributed by atoms with van der Waals surface area (Å²) in [7, 11) is 1.66. The lowest BCUT2D eigenvalue weighted by atomic mass is 9.85. The van der Waals surface area contributed by atoms with Crippen molar-refractivity contribution in [2.45, 2.75) is 34.3 Å². The van der Waals surface area contributed by atoms with Crippen LogP contribution in [-0.2, 0) is 11.3 Å². The van der Waals surface area contributed by atoms with Crippen molar-refractivity contribution >= 4 is 5.91 Å². The van der Waals surface area contributed by atoms with Gasteiger partial charge in [0.25, 0.3) is 5.91 Å². The number of hydrogen-bond acceptors (Lipinski definition) is 2. The number of carbonyl (C=O) groups is 1. The molecule has 0 unspecified atom stereocenters. The highest BCUT2D eigenvalue weighted by Crippen LogP contribution is 2.19. The summed E-state index contributed by atoms with van der Waals surface area (Å²) in [6.07, 6.45) is 0. The van der Waals surface area contributed by atoms with Gasteiger partial charge in [0.15, 0.2) is 0 Å². The van der Waals surface area contributed by atoms with Crippen LogP contribution in [0.4, 0.5) is 0 Å². The highest BCUT2D eigenvalue weighted by molar-refractivity contribution is 5.94. The Kier molecular flexibility index (Phi) is 6.73. The van der Waals surface area contributed by atoms with Crippen molar-refractivity contribution in [3.63, 3.8) is 0 Å². The first-order valence-electron chi connectivity index (χ1n) is 7.31. The average molecular weight is 277 g/mol. The molecule has 3 nitrogen and oxygen atoms in total. The van der Waals surface area contributed by atoms with Gasteiger partial charge in [0.2, 0.25) is 0 Å². The third kappa shape index (κ3) is 4.97. The molecule has 0 saturated heterocycles. The SMILES string of the molecule is COCc1cccc(C(=O)NCC(C(C)C)C(C)C)c1. The standard InChI is InChI=1S/C17H27NO2/c1-12(2)16(13(3)4)10-18-17(19)15-8-6-7-14(9-15)11-20-5/h6-9,12-13,16H,10-11H2,1-5H3,(H,18,19). The predicted molar refractivity (Wildman–Crippen MR) is 82.7 cm³/mol. The number of nitrogens with one attached hydrogen (secondary N) is 1. The molecule has 1 aromatic rings. The fourth-order valence-corrected chi connectivity index (χ4v) is 2.52. The van der Waals surface area contributed by atoms with Gasteiger partial charge >= 0.3 is 0 Å². The van der Waals surface area contributed by atoms with Gasteiger partial charge in [-0.25, -0.2) is 0 Å². The normalized spacial score (nSPS) is 11.4. The Bertz CT molecular complexity index is 419. The zero-order valence-electron chi connectivity index (χ0n) is 13.3. The van der Waals surface area contributed by atoms with E-state index in [9.17, 15) is 4.79 Å². The van der Waals surface area contributed by atoms with Gasteiger partial charge in [0, 0.05) is 19.2 Å². The molecule has 0 spiro atoms. The molecule has 112 valence electrons. The topological polar surface area (TPSA) is 38.3 Å². The summed E-state index contributed by atoms with van der Waals surface area (Å²) < 4.78 is 5.09. The predicted octanol–water partition coefficient (Wildman–Crippen LogP) is 3.49. The third-order valence-corrected chi connectivity index (χ3v) is 3.71. The quantitative estimate of drug-likeness (QED) is 0.828. The largest absolute Gasteiger partial charge is 0.380 e. The second-order valence-corrected chi connectivity index (χ2v) is 6.00. The van der Waals surface area contributed by atoms with E-state index in [1.807, 2.05) is 24.3 Å². The zero-order valence-corrected chi connectivity index (χ0v) is 13.3. The van der Waals surface area contributed by atoms with E-state index in [-0.39, 0.29) is 5.91 Å². The molecule has 1 amide bonds. The van der Waals surface area contributed by atoms with E-state index >= 15 is 0 Å². The minimum atomic E-state index is -0.00532. The lowest BCUT2D eigenvalue weighted by molar-refractivity contribution is 0.0937. The lowest BCUT2D eigenvalue weighted by Gasteiger charge is -2.25. The molecule has 0 fully saturated rings. The van der Waals surface area contributed by atoms with Crippen LogP contribution in [0.5, 0.6) is 0 Å². The number of benzene rings is 1. The van der Waals surface area contributed by atoms with Crippen LogP contribution in [-0.4, -0.2) is 19.6 Å². The van der Waals surface area contributed by atoms with E-state index in [0.29, 0.717) is 29.9 Å². The molecule has 0 aromatic heterocycles. The van der Waals surface area contributed by atoms with E-state index < -0.39 is 0 Å². The Hall–Kier alpha value is -1.35. The Morgan fingerprint density at radius 3 is 2.40 bits per heavy atom. The zero-order chi connectivity index (χ0) is 15.1.